The maximum Gasteiger partial charge on any atom is 0.122 e. The Morgan fingerprint density at radius 3 is 2.62 bits per heavy atom. The highest BCUT2D eigenvalue weighted by Gasteiger charge is 2.10. The van der Waals surface area contributed by atoms with Crippen LogP contribution in [0.25, 0.3) is 0 Å². The molecule has 0 aliphatic carbocycles. The smallest absolute Gasteiger partial charge is 0.122 e. The highest BCUT2D eigenvalue weighted by molar-refractivity contribution is 5.33. The van der Waals surface area contributed by atoms with Crippen molar-refractivity contribution in [2.45, 2.75) is 19.4 Å². The molecule has 0 radical (unpaired) electrons. The zero-order valence-electron chi connectivity index (χ0n) is 10.3. The lowest BCUT2D eigenvalue weighted by molar-refractivity contribution is 0.166. The van der Waals surface area contributed by atoms with Gasteiger partial charge in [-0.3, -0.25) is 0 Å². The molecule has 0 saturated heterocycles. The summed E-state index contributed by atoms with van der Waals surface area (Å²) in [6.07, 6.45) is 0.922. The summed E-state index contributed by atoms with van der Waals surface area (Å²) in [5, 5.41) is 3.40. The largest absolute Gasteiger partial charge is 0.496 e. The number of methoxy groups -OCH3 is 2. The average Bonchev–Trinajstić information content (AvgIpc) is 2.30. The van der Waals surface area contributed by atoms with Crippen molar-refractivity contribution < 1.29 is 9.47 Å². The Morgan fingerprint density at radius 2 is 2.00 bits per heavy atom. The minimum Gasteiger partial charge on any atom is -0.496 e. The second kappa shape index (κ2) is 7.25. The molecule has 1 unspecified atom stereocenters. The van der Waals surface area contributed by atoms with Gasteiger partial charge in [0.05, 0.1) is 13.7 Å². The van der Waals surface area contributed by atoms with Crippen LogP contribution in [0.1, 0.15) is 12.5 Å². The lowest BCUT2D eigenvalue weighted by Crippen LogP contribution is -2.35. The van der Waals surface area contributed by atoms with E-state index in [9.17, 15) is 0 Å². The number of hydrogen-bond donors (Lipinski definition) is 1. The summed E-state index contributed by atoms with van der Waals surface area (Å²) in [6, 6.07) is 8.45. The summed E-state index contributed by atoms with van der Waals surface area (Å²) < 4.78 is 10.5. The summed E-state index contributed by atoms with van der Waals surface area (Å²) in [6.45, 7) is 3.76. The Kier molecular flexibility index (Phi) is 5.90. The van der Waals surface area contributed by atoms with E-state index in [4.69, 9.17) is 9.47 Å². The first kappa shape index (κ1) is 13.0. The van der Waals surface area contributed by atoms with Gasteiger partial charge in [0.2, 0.25) is 0 Å². The molecule has 1 N–H and O–H groups in total. The number of rotatable bonds is 7. The van der Waals surface area contributed by atoms with E-state index >= 15 is 0 Å². The van der Waals surface area contributed by atoms with Gasteiger partial charge in [0.1, 0.15) is 5.75 Å². The van der Waals surface area contributed by atoms with Crippen LogP contribution in [0.4, 0.5) is 0 Å². The number of hydrogen-bond acceptors (Lipinski definition) is 3. The number of para-hydroxylation sites is 1. The monoisotopic (exact) mass is 223 g/mol. The Labute approximate surface area is 97.8 Å². The lowest BCUT2D eigenvalue weighted by Gasteiger charge is -2.18. The van der Waals surface area contributed by atoms with E-state index in [0.29, 0.717) is 12.6 Å². The first-order valence-electron chi connectivity index (χ1n) is 5.66. The van der Waals surface area contributed by atoms with Crippen molar-refractivity contribution in [2.24, 2.45) is 0 Å². The maximum absolute atomic E-state index is 5.33. The standard InChI is InChI=1S/C13H21NO2/c1-4-14-12(10-15-2)9-11-7-5-6-8-13(11)16-3/h5-8,12,14H,4,9-10H2,1-3H3. The Hall–Kier alpha value is -1.06. The van der Waals surface area contributed by atoms with Crippen LogP contribution in [0.2, 0.25) is 0 Å². The minimum atomic E-state index is 0.339. The number of ether oxygens (including phenoxy) is 2. The molecule has 0 saturated carbocycles. The van der Waals surface area contributed by atoms with Crippen molar-refractivity contribution in [3.05, 3.63) is 29.8 Å². The number of benzene rings is 1. The van der Waals surface area contributed by atoms with Gasteiger partial charge in [0.15, 0.2) is 0 Å². The Bertz CT molecular complexity index is 296. The molecule has 0 heterocycles. The molecule has 0 bridgehead atoms. The zero-order chi connectivity index (χ0) is 11.8. The van der Waals surface area contributed by atoms with E-state index in [1.165, 1.54) is 5.56 Å². The zero-order valence-corrected chi connectivity index (χ0v) is 10.3. The number of nitrogens with one attached hydrogen (secondary N) is 1. The van der Waals surface area contributed by atoms with Crippen LogP contribution in [0.15, 0.2) is 24.3 Å². The molecular formula is C13H21NO2. The van der Waals surface area contributed by atoms with Gasteiger partial charge in [-0.2, -0.15) is 0 Å². The summed E-state index contributed by atoms with van der Waals surface area (Å²) in [7, 11) is 3.43. The van der Waals surface area contributed by atoms with Gasteiger partial charge in [-0.1, -0.05) is 25.1 Å². The Morgan fingerprint density at radius 1 is 1.25 bits per heavy atom. The molecule has 0 spiro atoms. The summed E-state index contributed by atoms with van der Waals surface area (Å²) >= 11 is 0. The topological polar surface area (TPSA) is 30.5 Å². The van der Waals surface area contributed by atoms with Crippen LogP contribution in [-0.4, -0.2) is 33.4 Å². The molecule has 3 nitrogen and oxygen atoms in total. The van der Waals surface area contributed by atoms with Crippen LogP contribution >= 0.6 is 0 Å². The summed E-state index contributed by atoms with van der Waals surface area (Å²) in [5.41, 5.74) is 1.22. The van der Waals surface area contributed by atoms with Crippen molar-refractivity contribution in [2.75, 3.05) is 27.4 Å². The molecule has 0 aliphatic rings. The van der Waals surface area contributed by atoms with Crippen LogP contribution in [0, 0.1) is 0 Å². The second-order valence-electron chi connectivity index (χ2n) is 3.73. The normalized spacial score (nSPS) is 12.4. The van der Waals surface area contributed by atoms with Crippen molar-refractivity contribution in [3.63, 3.8) is 0 Å². The average molecular weight is 223 g/mol. The van der Waals surface area contributed by atoms with Gasteiger partial charge in [0, 0.05) is 13.2 Å². The molecule has 3 heteroatoms. The van der Waals surface area contributed by atoms with Crippen molar-refractivity contribution in [1.82, 2.24) is 5.32 Å². The first-order valence-corrected chi connectivity index (χ1v) is 5.66. The molecular weight excluding hydrogens is 202 g/mol. The molecule has 90 valence electrons. The van der Waals surface area contributed by atoms with E-state index in [-0.39, 0.29) is 0 Å². The molecule has 1 aromatic carbocycles. The third kappa shape index (κ3) is 3.83. The SMILES string of the molecule is CCNC(COC)Cc1ccccc1OC. The molecule has 1 aromatic rings. The van der Waals surface area contributed by atoms with E-state index < -0.39 is 0 Å². The number of likely N-dealkylation sites (N-methyl/N-ethyl adjacent to an activating group) is 1. The summed E-state index contributed by atoms with van der Waals surface area (Å²) in [5.74, 6) is 0.946. The van der Waals surface area contributed by atoms with Crippen molar-refractivity contribution >= 4 is 0 Å². The third-order valence-corrected chi connectivity index (χ3v) is 2.52. The van der Waals surface area contributed by atoms with Crippen molar-refractivity contribution in [3.8, 4) is 5.75 Å². The highest BCUT2D eigenvalue weighted by atomic mass is 16.5. The highest BCUT2D eigenvalue weighted by Crippen LogP contribution is 2.18. The van der Waals surface area contributed by atoms with E-state index in [2.05, 4.69) is 18.3 Å². The van der Waals surface area contributed by atoms with Crippen LogP contribution < -0.4 is 10.1 Å². The molecule has 0 aliphatic heterocycles. The molecule has 0 aromatic heterocycles. The molecule has 1 rings (SSSR count). The van der Waals surface area contributed by atoms with E-state index in [1.54, 1.807) is 14.2 Å². The van der Waals surface area contributed by atoms with Gasteiger partial charge in [-0.05, 0) is 24.6 Å². The fraction of sp³-hybridized carbons (Fsp3) is 0.538. The van der Waals surface area contributed by atoms with Gasteiger partial charge in [-0.15, -0.1) is 0 Å². The molecule has 0 amide bonds. The predicted octanol–water partition coefficient (Wildman–Crippen LogP) is 1.86. The lowest BCUT2D eigenvalue weighted by atomic mass is 10.1. The van der Waals surface area contributed by atoms with Crippen LogP contribution in [-0.2, 0) is 11.2 Å². The van der Waals surface area contributed by atoms with Crippen molar-refractivity contribution in [1.29, 1.82) is 0 Å². The van der Waals surface area contributed by atoms with Gasteiger partial charge in [0.25, 0.3) is 0 Å². The van der Waals surface area contributed by atoms with E-state index in [0.717, 1.165) is 18.7 Å². The van der Waals surface area contributed by atoms with Crippen LogP contribution in [0.3, 0.4) is 0 Å². The third-order valence-electron chi connectivity index (χ3n) is 2.52. The molecule has 1 atom stereocenters. The van der Waals surface area contributed by atoms with Crippen LogP contribution in [0.5, 0.6) is 5.75 Å². The maximum atomic E-state index is 5.33. The molecule has 0 fully saturated rings. The van der Waals surface area contributed by atoms with Gasteiger partial charge >= 0.3 is 0 Å². The summed E-state index contributed by atoms with van der Waals surface area (Å²) in [4.78, 5) is 0. The fourth-order valence-electron chi connectivity index (χ4n) is 1.82. The fourth-order valence-corrected chi connectivity index (χ4v) is 1.82. The predicted molar refractivity (Wildman–Crippen MR) is 66.0 cm³/mol. The Balaban J connectivity index is 2.67. The first-order chi connectivity index (χ1) is 7.81. The minimum absolute atomic E-state index is 0.339. The van der Waals surface area contributed by atoms with Gasteiger partial charge < -0.3 is 14.8 Å². The second-order valence-corrected chi connectivity index (χ2v) is 3.73. The van der Waals surface area contributed by atoms with E-state index in [1.807, 2.05) is 18.2 Å². The molecule has 16 heavy (non-hydrogen) atoms. The van der Waals surface area contributed by atoms with Gasteiger partial charge in [-0.25, -0.2) is 0 Å². The quantitative estimate of drug-likeness (QED) is 0.765.